The minimum absolute atomic E-state index is 0.0954. The molecule has 0 radical (unpaired) electrons. The number of ether oxygens (including phenoxy) is 1. The first-order chi connectivity index (χ1) is 12.9. The van der Waals surface area contributed by atoms with Crippen LogP contribution in [0.15, 0.2) is 47.4 Å². The maximum absolute atomic E-state index is 12.4. The van der Waals surface area contributed by atoms with Crippen LogP contribution in [-0.4, -0.2) is 27.5 Å². The largest absolute Gasteiger partial charge is 0.489 e. The molecule has 0 aromatic heterocycles. The van der Waals surface area contributed by atoms with E-state index in [0.29, 0.717) is 22.0 Å². The number of anilines is 1. The van der Waals surface area contributed by atoms with Crippen molar-refractivity contribution in [2.75, 3.05) is 12.4 Å². The van der Waals surface area contributed by atoms with Crippen molar-refractivity contribution < 1.29 is 17.9 Å². The molecule has 0 spiro atoms. The van der Waals surface area contributed by atoms with Gasteiger partial charge in [0.05, 0.1) is 16.0 Å². The zero-order valence-electron chi connectivity index (χ0n) is 14.9. The predicted molar refractivity (Wildman–Crippen MR) is 105 cm³/mol. The summed E-state index contributed by atoms with van der Waals surface area (Å²) >= 11 is 6.27. The summed E-state index contributed by atoms with van der Waals surface area (Å²) in [6.07, 6.45) is 4.62. The van der Waals surface area contributed by atoms with Gasteiger partial charge in [0, 0.05) is 11.3 Å². The number of benzene rings is 2. The zero-order valence-corrected chi connectivity index (χ0v) is 16.4. The fourth-order valence-electron chi connectivity index (χ4n) is 2.97. The Morgan fingerprint density at radius 1 is 1.11 bits per heavy atom. The first-order valence-electron chi connectivity index (χ1n) is 8.70. The van der Waals surface area contributed by atoms with E-state index in [1.807, 2.05) is 0 Å². The Morgan fingerprint density at radius 3 is 2.37 bits per heavy atom. The van der Waals surface area contributed by atoms with Gasteiger partial charge in [0.15, 0.2) is 0 Å². The Kier molecular flexibility index (Phi) is 6.04. The Bertz CT molecular complexity index is 923. The van der Waals surface area contributed by atoms with Crippen molar-refractivity contribution in [3.05, 3.63) is 53.1 Å². The number of rotatable bonds is 6. The van der Waals surface area contributed by atoms with E-state index in [4.69, 9.17) is 16.3 Å². The normalized spacial score (nSPS) is 14.9. The highest BCUT2D eigenvalue weighted by atomic mass is 35.5. The molecular formula is C19H21ClN2O4S. The van der Waals surface area contributed by atoms with Gasteiger partial charge in [0.1, 0.15) is 5.75 Å². The Morgan fingerprint density at radius 2 is 1.78 bits per heavy atom. The maximum Gasteiger partial charge on any atom is 0.255 e. The second-order valence-electron chi connectivity index (χ2n) is 6.36. The lowest BCUT2D eigenvalue weighted by molar-refractivity contribution is 0.102. The van der Waals surface area contributed by atoms with Crippen LogP contribution in [0, 0.1) is 0 Å². The molecule has 0 aliphatic heterocycles. The van der Waals surface area contributed by atoms with Gasteiger partial charge in [-0.1, -0.05) is 11.6 Å². The third-order valence-corrected chi connectivity index (χ3v) is 6.21. The van der Waals surface area contributed by atoms with Gasteiger partial charge < -0.3 is 10.1 Å². The number of halogens is 1. The van der Waals surface area contributed by atoms with E-state index in [2.05, 4.69) is 10.0 Å². The monoisotopic (exact) mass is 408 g/mol. The molecule has 2 aromatic carbocycles. The number of hydrogen-bond donors (Lipinski definition) is 2. The van der Waals surface area contributed by atoms with Crippen molar-refractivity contribution in [3.8, 4) is 5.75 Å². The number of nitrogens with one attached hydrogen (secondary N) is 2. The lowest BCUT2D eigenvalue weighted by atomic mass is 10.2. The molecule has 2 aromatic rings. The molecule has 0 bridgehead atoms. The Labute approximate surface area is 163 Å². The Hall–Kier alpha value is -2.09. The van der Waals surface area contributed by atoms with E-state index in [1.165, 1.54) is 44.2 Å². The van der Waals surface area contributed by atoms with Gasteiger partial charge in [0.25, 0.3) is 5.91 Å². The van der Waals surface area contributed by atoms with Crippen LogP contribution in [0.5, 0.6) is 5.75 Å². The second kappa shape index (κ2) is 8.29. The summed E-state index contributed by atoms with van der Waals surface area (Å²) in [5.74, 6) is 0.257. The molecule has 2 N–H and O–H groups in total. The Balaban J connectivity index is 1.67. The molecule has 0 saturated heterocycles. The molecule has 0 heterocycles. The molecule has 144 valence electrons. The van der Waals surface area contributed by atoms with Gasteiger partial charge in [0.2, 0.25) is 10.0 Å². The number of sulfonamides is 1. The van der Waals surface area contributed by atoms with Crippen LogP contribution in [0.25, 0.3) is 0 Å². The smallest absolute Gasteiger partial charge is 0.255 e. The van der Waals surface area contributed by atoms with Crippen LogP contribution in [0.2, 0.25) is 5.02 Å². The summed E-state index contributed by atoms with van der Waals surface area (Å²) < 4.78 is 31.6. The maximum atomic E-state index is 12.4. The summed E-state index contributed by atoms with van der Waals surface area (Å²) in [6, 6.07) is 10.8. The van der Waals surface area contributed by atoms with Crippen LogP contribution < -0.4 is 14.8 Å². The molecule has 1 amide bonds. The van der Waals surface area contributed by atoms with E-state index in [1.54, 1.807) is 18.2 Å². The first kappa shape index (κ1) is 19.7. The van der Waals surface area contributed by atoms with E-state index >= 15 is 0 Å². The van der Waals surface area contributed by atoms with Gasteiger partial charge in [-0.25, -0.2) is 13.1 Å². The van der Waals surface area contributed by atoms with Crippen molar-refractivity contribution >= 4 is 33.2 Å². The average molecular weight is 409 g/mol. The second-order valence-corrected chi connectivity index (χ2v) is 8.65. The van der Waals surface area contributed by atoms with Crippen LogP contribution in [0.4, 0.5) is 5.69 Å². The summed E-state index contributed by atoms with van der Waals surface area (Å²) in [5.41, 5.74) is 0.878. The third kappa shape index (κ3) is 4.80. The molecule has 1 aliphatic carbocycles. The standard InChI is InChI=1S/C19H21ClN2O4S/c1-21-27(24,25)16-9-6-13(7-10-16)19(23)22-14-8-11-18(17(20)12-14)26-15-4-2-3-5-15/h6-12,15,21H,2-5H2,1H3,(H,22,23). The SMILES string of the molecule is CNS(=O)(=O)c1ccc(C(=O)Nc2ccc(OC3CCCC3)c(Cl)c2)cc1. The van der Waals surface area contributed by atoms with Crippen molar-refractivity contribution in [1.29, 1.82) is 0 Å². The minimum Gasteiger partial charge on any atom is -0.489 e. The van der Waals surface area contributed by atoms with E-state index in [9.17, 15) is 13.2 Å². The summed E-state index contributed by atoms with van der Waals surface area (Å²) in [6.45, 7) is 0. The number of carbonyl (C=O) groups excluding carboxylic acids is 1. The van der Waals surface area contributed by atoms with Gasteiger partial charge in [-0.05, 0) is 75.2 Å². The molecule has 27 heavy (non-hydrogen) atoms. The van der Waals surface area contributed by atoms with Crippen molar-refractivity contribution in [2.24, 2.45) is 0 Å². The molecule has 1 aliphatic rings. The van der Waals surface area contributed by atoms with Gasteiger partial charge in [-0.3, -0.25) is 4.79 Å². The molecule has 0 atom stereocenters. The van der Waals surface area contributed by atoms with E-state index in [-0.39, 0.29) is 16.9 Å². The first-order valence-corrected chi connectivity index (χ1v) is 10.6. The fraction of sp³-hybridized carbons (Fsp3) is 0.316. The summed E-state index contributed by atoms with van der Waals surface area (Å²) in [4.78, 5) is 12.5. The highest BCUT2D eigenvalue weighted by Crippen LogP contribution is 2.31. The molecule has 3 rings (SSSR count). The van der Waals surface area contributed by atoms with Gasteiger partial charge in [-0.15, -0.1) is 0 Å². The molecule has 1 fully saturated rings. The summed E-state index contributed by atoms with van der Waals surface area (Å²) in [5, 5.41) is 3.19. The molecular weight excluding hydrogens is 388 g/mol. The fourth-order valence-corrected chi connectivity index (χ4v) is 3.92. The molecule has 6 nitrogen and oxygen atoms in total. The lowest BCUT2D eigenvalue weighted by Gasteiger charge is -2.15. The zero-order chi connectivity index (χ0) is 19.4. The van der Waals surface area contributed by atoms with Crippen LogP contribution in [0.3, 0.4) is 0 Å². The van der Waals surface area contributed by atoms with Crippen LogP contribution >= 0.6 is 11.6 Å². The molecule has 8 heteroatoms. The van der Waals surface area contributed by atoms with E-state index in [0.717, 1.165) is 12.8 Å². The van der Waals surface area contributed by atoms with Crippen LogP contribution in [0.1, 0.15) is 36.0 Å². The van der Waals surface area contributed by atoms with Crippen molar-refractivity contribution in [3.63, 3.8) is 0 Å². The quantitative estimate of drug-likeness (QED) is 0.760. The van der Waals surface area contributed by atoms with Gasteiger partial charge in [-0.2, -0.15) is 0 Å². The minimum atomic E-state index is -3.53. The topological polar surface area (TPSA) is 84.5 Å². The highest BCUT2D eigenvalue weighted by Gasteiger charge is 2.18. The molecule has 1 saturated carbocycles. The van der Waals surface area contributed by atoms with E-state index < -0.39 is 10.0 Å². The average Bonchev–Trinajstić information content (AvgIpc) is 3.17. The van der Waals surface area contributed by atoms with Crippen LogP contribution in [-0.2, 0) is 10.0 Å². The number of hydrogen-bond acceptors (Lipinski definition) is 4. The van der Waals surface area contributed by atoms with Crippen molar-refractivity contribution in [2.45, 2.75) is 36.7 Å². The van der Waals surface area contributed by atoms with Crippen molar-refractivity contribution in [1.82, 2.24) is 4.72 Å². The third-order valence-electron chi connectivity index (χ3n) is 4.48. The predicted octanol–water partition coefficient (Wildman–Crippen LogP) is 3.82. The number of amides is 1. The molecule has 0 unspecified atom stereocenters. The number of carbonyl (C=O) groups is 1. The highest BCUT2D eigenvalue weighted by molar-refractivity contribution is 7.89. The summed E-state index contributed by atoms with van der Waals surface area (Å²) in [7, 11) is -2.20. The van der Waals surface area contributed by atoms with Gasteiger partial charge >= 0.3 is 0 Å². The lowest BCUT2D eigenvalue weighted by Crippen LogP contribution is -2.19.